The summed E-state index contributed by atoms with van der Waals surface area (Å²) in [6, 6.07) is 2.97. The Morgan fingerprint density at radius 2 is 2.10 bits per heavy atom. The van der Waals surface area contributed by atoms with Crippen LogP contribution in [0.25, 0.3) is 0 Å². The zero-order valence-corrected chi connectivity index (χ0v) is 7.01. The van der Waals surface area contributed by atoms with E-state index in [1.165, 1.54) is 6.07 Å². The Morgan fingerprint density at radius 1 is 1.50 bits per heavy atom. The quantitative estimate of drug-likeness (QED) is 0.577. The molecule has 0 saturated carbocycles. The van der Waals surface area contributed by atoms with E-state index < -0.39 is 0 Å². The molecule has 0 heterocycles. The van der Waals surface area contributed by atoms with Crippen molar-refractivity contribution >= 4 is 24.2 Å². The summed E-state index contributed by atoms with van der Waals surface area (Å²) in [5.41, 5.74) is 0.841. The standard InChI is InChI=1S/C7H6ClFS/c1-4-2-3-5(9)7(10)6(4)8/h2-3,10H,1H3. The number of hydrogen-bond acceptors (Lipinski definition) is 1. The Morgan fingerprint density at radius 3 is 2.60 bits per heavy atom. The summed E-state index contributed by atoms with van der Waals surface area (Å²) >= 11 is 9.54. The van der Waals surface area contributed by atoms with Gasteiger partial charge in [0, 0.05) is 0 Å². The van der Waals surface area contributed by atoms with E-state index in [2.05, 4.69) is 12.6 Å². The highest BCUT2D eigenvalue weighted by Gasteiger charge is 2.03. The molecule has 0 spiro atoms. The van der Waals surface area contributed by atoms with Crippen molar-refractivity contribution in [3.63, 3.8) is 0 Å². The molecule has 1 rings (SSSR count). The molecule has 0 fully saturated rings. The van der Waals surface area contributed by atoms with Gasteiger partial charge in [-0.15, -0.1) is 12.6 Å². The van der Waals surface area contributed by atoms with Gasteiger partial charge in [-0.3, -0.25) is 0 Å². The Hall–Kier alpha value is -0.210. The maximum atomic E-state index is 12.6. The first-order valence-electron chi connectivity index (χ1n) is 2.76. The number of halogens is 2. The lowest BCUT2D eigenvalue weighted by Gasteiger charge is -2.00. The minimum absolute atomic E-state index is 0.224. The second kappa shape index (κ2) is 2.81. The van der Waals surface area contributed by atoms with Crippen molar-refractivity contribution in [3.05, 3.63) is 28.5 Å². The SMILES string of the molecule is Cc1ccc(F)c(S)c1Cl. The Kier molecular flexibility index (Phi) is 2.21. The highest BCUT2D eigenvalue weighted by atomic mass is 35.5. The largest absolute Gasteiger partial charge is 0.206 e. The average molecular weight is 177 g/mol. The molecular formula is C7H6ClFS. The highest BCUT2D eigenvalue weighted by Crippen LogP contribution is 2.25. The molecule has 0 N–H and O–H groups in total. The van der Waals surface area contributed by atoms with Gasteiger partial charge in [-0.2, -0.15) is 0 Å². The van der Waals surface area contributed by atoms with E-state index in [1.807, 2.05) is 6.92 Å². The molecule has 10 heavy (non-hydrogen) atoms. The van der Waals surface area contributed by atoms with E-state index in [0.717, 1.165) is 5.56 Å². The van der Waals surface area contributed by atoms with Crippen LogP contribution < -0.4 is 0 Å². The molecule has 0 aliphatic carbocycles. The van der Waals surface area contributed by atoms with Gasteiger partial charge in [0.1, 0.15) is 5.82 Å². The van der Waals surface area contributed by atoms with Gasteiger partial charge in [0.2, 0.25) is 0 Å². The van der Waals surface area contributed by atoms with Crippen LogP contribution in [-0.2, 0) is 0 Å². The van der Waals surface area contributed by atoms with Crippen LogP contribution in [0.4, 0.5) is 4.39 Å². The first kappa shape index (κ1) is 7.89. The number of thiol groups is 1. The normalized spacial score (nSPS) is 10.0. The Labute approximate surface area is 69.4 Å². The molecule has 1 aromatic rings. The fraction of sp³-hybridized carbons (Fsp3) is 0.143. The predicted octanol–water partition coefficient (Wildman–Crippen LogP) is 3.08. The molecule has 0 aromatic heterocycles. The summed E-state index contributed by atoms with van der Waals surface area (Å²) in [5, 5.41) is 0.392. The van der Waals surface area contributed by atoms with Crippen molar-refractivity contribution in [2.45, 2.75) is 11.8 Å². The van der Waals surface area contributed by atoms with Crippen molar-refractivity contribution in [2.75, 3.05) is 0 Å². The van der Waals surface area contributed by atoms with Crippen molar-refractivity contribution in [1.29, 1.82) is 0 Å². The van der Waals surface area contributed by atoms with Crippen molar-refractivity contribution in [2.24, 2.45) is 0 Å². The molecule has 0 amide bonds. The lowest BCUT2D eigenvalue weighted by molar-refractivity contribution is 0.602. The van der Waals surface area contributed by atoms with E-state index in [1.54, 1.807) is 6.07 Å². The molecule has 0 bridgehead atoms. The Bertz CT molecular complexity index is 233. The molecule has 3 heteroatoms. The fourth-order valence-electron chi connectivity index (χ4n) is 0.642. The van der Waals surface area contributed by atoms with E-state index in [0.29, 0.717) is 5.02 Å². The van der Waals surface area contributed by atoms with Crippen LogP contribution in [0.2, 0.25) is 5.02 Å². The van der Waals surface area contributed by atoms with Crippen molar-refractivity contribution in [1.82, 2.24) is 0 Å². The lowest BCUT2D eigenvalue weighted by Crippen LogP contribution is -1.81. The smallest absolute Gasteiger partial charge is 0.138 e. The third kappa shape index (κ3) is 1.27. The van der Waals surface area contributed by atoms with Gasteiger partial charge in [-0.05, 0) is 18.6 Å². The maximum Gasteiger partial charge on any atom is 0.138 e. The molecule has 0 atom stereocenters. The maximum absolute atomic E-state index is 12.6. The van der Waals surface area contributed by atoms with E-state index in [9.17, 15) is 4.39 Å². The molecule has 0 aliphatic rings. The Balaban J connectivity index is 3.34. The van der Waals surface area contributed by atoms with Gasteiger partial charge < -0.3 is 0 Å². The average Bonchev–Trinajstić information content (AvgIpc) is 1.93. The van der Waals surface area contributed by atoms with Crippen LogP contribution in [0, 0.1) is 12.7 Å². The summed E-state index contributed by atoms with van der Waals surface area (Å²) in [4.78, 5) is 0.224. The third-order valence-corrected chi connectivity index (χ3v) is 2.32. The molecule has 0 aliphatic heterocycles. The monoisotopic (exact) mass is 176 g/mol. The topological polar surface area (TPSA) is 0 Å². The first-order valence-corrected chi connectivity index (χ1v) is 3.59. The zero-order chi connectivity index (χ0) is 7.72. The molecule has 0 radical (unpaired) electrons. The van der Waals surface area contributed by atoms with Crippen molar-refractivity contribution < 1.29 is 4.39 Å². The van der Waals surface area contributed by atoms with Crippen LogP contribution >= 0.6 is 24.2 Å². The second-order valence-corrected chi connectivity index (χ2v) is 2.85. The number of aryl methyl sites for hydroxylation is 1. The van der Waals surface area contributed by atoms with Crippen LogP contribution in [-0.4, -0.2) is 0 Å². The molecule has 0 saturated heterocycles. The second-order valence-electron chi connectivity index (χ2n) is 2.03. The number of benzene rings is 1. The first-order chi connectivity index (χ1) is 4.63. The molecule has 0 nitrogen and oxygen atoms in total. The lowest BCUT2D eigenvalue weighted by atomic mass is 10.2. The summed E-state index contributed by atoms with van der Waals surface area (Å²) in [7, 11) is 0. The number of rotatable bonds is 0. The van der Waals surface area contributed by atoms with E-state index >= 15 is 0 Å². The zero-order valence-electron chi connectivity index (χ0n) is 5.36. The van der Waals surface area contributed by atoms with Gasteiger partial charge in [-0.25, -0.2) is 4.39 Å². The molecule has 1 aromatic carbocycles. The highest BCUT2D eigenvalue weighted by molar-refractivity contribution is 7.80. The fourth-order valence-corrected chi connectivity index (χ4v) is 1.05. The van der Waals surface area contributed by atoms with Crippen molar-refractivity contribution in [3.8, 4) is 0 Å². The third-order valence-electron chi connectivity index (χ3n) is 1.26. The molecule has 0 unspecified atom stereocenters. The minimum atomic E-state index is -0.376. The van der Waals surface area contributed by atoms with Gasteiger partial charge in [0.15, 0.2) is 0 Å². The molecule has 54 valence electrons. The van der Waals surface area contributed by atoms with Gasteiger partial charge >= 0.3 is 0 Å². The van der Waals surface area contributed by atoms with Gasteiger partial charge in [0.25, 0.3) is 0 Å². The van der Waals surface area contributed by atoms with E-state index in [4.69, 9.17) is 11.6 Å². The summed E-state index contributed by atoms with van der Waals surface area (Å²) in [6.07, 6.45) is 0. The van der Waals surface area contributed by atoms with Gasteiger partial charge in [-0.1, -0.05) is 17.7 Å². The molecular weight excluding hydrogens is 171 g/mol. The van der Waals surface area contributed by atoms with E-state index in [-0.39, 0.29) is 10.7 Å². The van der Waals surface area contributed by atoms with Crippen LogP contribution in [0.5, 0.6) is 0 Å². The van der Waals surface area contributed by atoms with Gasteiger partial charge in [0.05, 0.1) is 9.92 Å². The minimum Gasteiger partial charge on any atom is -0.206 e. The summed E-state index contributed by atoms with van der Waals surface area (Å²) < 4.78 is 12.6. The summed E-state index contributed by atoms with van der Waals surface area (Å²) in [6.45, 7) is 1.81. The number of hydrogen-bond donors (Lipinski definition) is 1. The van der Waals surface area contributed by atoms with Crippen LogP contribution in [0.3, 0.4) is 0 Å². The predicted molar refractivity (Wildman–Crippen MR) is 43.4 cm³/mol. The van der Waals surface area contributed by atoms with Crippen LogP contribution in [0.1, 0.15) is 5.56 Å². The summed E-state index contributed by atoms with van der Waals surface area (Å²) in [5.74, 6) is -0.376. The van der Waals surface area contributed by atoms with Crippen LogP contribution in [0.15, 0.2) is 17.0 Å².